The number of rotatable bonds is 10. The van der Waals surface area contributed by atoms with Gasteiger partial charge in [-0.2, -0.15) is 0 Å². The van der Waals surface area contributed by atoms with Crippen LogP contribution in [0.15, 0.2) is 24.3 Å². The average Bonchev–Trinajstić information content (AvgIpc) is 3.36. The van der Waals surface area contributed by atoms with Gasteiger partial charge in [0.15, 0.2) is 0 Å². The highest BCUT2D eigenvalue weighted by Gasteiger charge is 2.28. The molecular formula is C17H23NO4. The van der Waals surface area contributed by atoms with Gasteiger partial charge < -0.3 is 23.8 Å². The van der Waals surface area contributed by atoms with Crippen LogP contribution in [0, 0.1) is 0 Å². The topological polar surface area (TPSA) is 50.1 Å². The maximum absolute atomic E-state index is 5.75. The highest BCUT2D eigenvalue weighted by molar-refractivity contribution is 5.49. The fourth-order valence-electron chi connectivity index (χ4n) is 2.58. The molecule has 0 N–H and O–H groups in total. The second-order valence-corrected chi connectivity index (χ2v) is 6.23. The first-order valence-electron chi connectivity index (χ1n) is 8.19. The fourth-order valence-corrected chi connectivity index (χ4v) is 2.58. The Morgan fingerprint density at radius 3 is 2.18 bits per heavy atom. The third kappa shape index (κ3) is 4.35. The predicted molar refractivity (Wildman–Crippen MR) is 82.6 cm³/mol. The van der Waals surface area contributed by atoms with Crippen molar-refractivity contribution in [2.45, 2.75) is 31.2 Å². The van der Waals surface area contributed by atoms with E-state index < -0.39 is 0 Å². The quantitative estimate of drug-likeness (QED) is 0.618. The number of benzene rings is 1. The van der Waals surface area contributed by atoms with Gasteiger partial charge in [-0.1, -0.05) is 0 Å². The van der Waals surface area contributed by atoms with Gasteiger partial charge in [-0.15, -0.1) is 0 Å². The third-order valence-electron chi connectivity index (χ3n) is 4.26. The van der Waals surface area contributed by atoms with Gasteiger partial charge in [0.1, 0.15) is 5.75 Å². The van der Waals surface area contributed by atoms with Crippen LogP contribution in [0.5, 0.6) is 5.75 Å². The minimum atomic E-state index is 0.398. The molecule has 22 heavy (non-hydrogen) atoms. The molecule has 3 aliphatic heterocycles. The lowest BCUT2D eigenvalue weighted by Crippen LogP contribution is -2.29. The Labute approximate surface area is 131 Å². The Morgan fingerprint density at radius 1 is 0.909 bits per heavy atom. The molecule has 3 atom stereocenters. The van der Waals surface area contributed by atoms with Crippen molar-refractivity contribution in [3.05, 3.63) is 24.3 Å². The summed E-state index contributed by atoms with van der Waals surface area (Å²) in [6.07, 6.45) is 3.36. The number of nitrogens with zero attached hydrogens (tertiary/aromatic N) is 1. The molecule has 3 aliphatic rings. The van der Waals surface area contributed by atoms with Crippen molar-refractivity contribution in [3.8, 4) is 5.75 Å². The zero-order valence-corrected chi connectivity index (χ0v) is 12.8. The summed E-state index contributed by atoms with van der Waals surface area (Å²) in [5.74, 6) is 0.928. The Hall–Kier alpha value is -1.30. The number of hydrogen-bond donors (Lipinski definition) is 0. The number of anilines is 1. The second-order valence-electron chi connectivity index (χ2n) is 6.23. The van der Waals surface area contributed by atoms with Gasteiger partial charge in [0.25, 0.3) is 0 Å². The van der Waals surface area contributed by atoms with Crippen LogP contribution in [0.25, 0.3) is 0 Å². The van der Waals surface area contributed by atoms with E-state index in [4.69, 9.17) is 18.9 Å². The number of epoxide rings is 3. The molecule has 0 saturated carbocycles. The van der Waals surface area contributed by atoms with E-state index in [1.807, 2.05) is 0 Å². The molecule has 120 valence electrons. The summed E-state index contributed by atoms with van der Waals surface area (Å²) in [7, 11) is 0. The summed E-state index contributed by atoms with van der Waals surface area (Å²) in [6, 6.07) is 8.38. The molecule has 1 aromatic carbocycles. The molecule has 0 radical (unpaired) electrons. The van der Waals surface area contributed by atoms with Gasteiger partial charge in [0.2, 0.25) is 0 Å². The van der Waals surface area contributed by atoms with Gasteiger partial charge in [-0.25, -0.2) is 0 Å². The van der Waals surface area contributed by atoms with E-state index in [9.17, 15) is 0 Å². The van der Waals surface area contributed by atoms with Gasteiger partial charge >= 0.3 is 0 Å². The van der Waals surface area contributed by atoms with Crippen LogP contribution in [0.3, 0.4) is 0 Å². The fraction of sp³-hybridized carbons (Fsp3) is 0.647. The van der Waals surface area contributed by atoms with E-state index in [1.54, 1.807) is 0 Å². The molecule has 1 aromatic rings. The Kier molecular flexibility index (Phi) is 4.19. The smallest absolute Gasteiger partial charge is 0.119 e. The summed E-state index contributed by atoms with van der Waals surface area (Å²) >= 11 is 0. The Bertz CT molecular complexity index is 480. The highest BCUT2D eigenvalue weighted by atomic mass is 16.6. The standard InChI is InChI=1S/C17H23NO4/c1-3-14(19-8-6-16-11-21-16)4-2-13(1)18(9-17-12-22-17)7-5-15-10-20-15/h1-4,15-17H,5-12H2. The summed E-state index contributed by atoms with van der Waals surface area (Å²) < 4.78 is 21.6. The molecule has 0 bridgehead atoms. The predicted octanol–water partition coefficient (Wildman–Crippen LogP) is 1.85. The number of hydrogen-bond acceptors (Lipinski definition) is 5. The minimum Gasteiger partial charge on any atom is -0.493 e. The van der Waals surface area contributed by atoms with Crippen LogP contribution in [0.2, 0.25) is 0 Å². The van der Waals surface area contributed by atoms with Crippen molar-refractivity contribution in [2.24, 2.45) is 0 Å². The summed E-state index contributed by atoms with van der Waals surface area (Å²) in [4.78, 5) is 2.39. The van der Waals surface area contributed by atoms with Gasteiger partial charge in [0.05, 0.1) is 44.7 Å². The molecule has 3 saturated heterocycles. The summed E-state index contributed by atoms with van der Waals surface area (Å²) in [5.41, 5.74) is 1.23. The first kappa shape index (κ1) is 14.3. The van der Waals surface area contributed by atoms with Crippen molar-refractivity contribution in [1.29, 1.82) is 0 Å². The van der Waals surface area contributed by atoms with E-state index in [2.05, 4.69) is 29.2 Å². The third-order valence-corrected chi connectivity index (χ3v) is 4.26. The van der Waals surface area contributed by atoms with Crippen LogP contribution >= 0.6 is 0 Å². The second kappa shape index (κ2) is 6.44. The van der Waals surface area contributed by atoms with Crippen LogP contribution < -0.4 is 9.64 Å². The normalized spacial score (nSPS) is 28.3. The van der Waals surface area contributed by atoms with Gasteiger partial charge in [-0.3, -0.25) is 0 Å². The van der Waals surface area contributed by atoms with Crippen molar-refractivity contribution in [3.63, 3.8) is 0 Å². The lowest BCUT2D eigenvalue weighted by Gasteiger charge is -2.24. The summed E-state index contributed by atoms with van der Waals surface area (Å²) in [6.45, 7) is 5.41. The average molecular weight is 305 g/mol. The monoisotopic (exact) mass is 305 g/mol. The number of ether oxygens (including phenoxy) is 4. The molecule has 0 aromatic heterocycles. The summed E-state index contributed by atoms with van der Waals surface area (Å²) in [5, 5.41) is 0. The van der Waals surface area contributed by atoms with Gasteiger partial charge in [-0.05, 0) is 30.7 Å². The largest absolute Gasteiger partial charge is 0.493 e. The van der Waals surface area contributed by atoms with Crippen LogP contribution in [-0.2, 0) is 14.2 Å². The van der Waals surface area contributed by atoms with Crippen molar-refractivity contribution >= 4 is 5.69 Å². The molecule has 5 nitrogen and oxygen atoms in total. The Balaban J connectivity index is 1.30. The van der Waals surface area contributed by atoms with Crippen LogP contribution in [-0.4, -0.2) is 57.8 Å². The van der Waals surface area contributed by atoms with Crippen LogP contribution in [0.4, 0.5) is 5.69 Å². The van der Waals surface area contributed by atoms with E-state index in [0.29, 0.717) is 18.3 Å². The maximum atomic E-state index is 5.75. The van der Waals surface area contributed by atoms with Crippen molar-refractivity contribution < 1.29 is 18.9 Å². The van der Waals surface area contributed by atoms with E-state index in [1.165, 1.54) is 5.69 Å². The molecular weight excluding hydrogens is 282 g/mol. The first-order valence-corrected chi connectivity index (χ1v) is 8.19. The highest BCUT2D eigenvalue weighted by Crippen LogP contribution is 2.24. The molecule has 4 rings (SSSR count). The first-order chi connectivity index (χ1) is 10.9. The van der Waals surface area contributed by atoms with Crippen molar-refractivity contribution in [2.75, 3.05) is 44.4 Å². The molecule has 0 amide bonds. The molecule has 3 unspecified atom stereocenters. The van der Waals surface area contributed by atoms with E-state index >= 15 is 0 Å². The van der Waals surface area contributed by atoms with Crippen molar-refractivity contribution in [1.82, 2.24) is 0 Å². The van der Waals surface area contributed by atoms with Crippen LogP contribution in [0.1, 0.15) is 12.8 Å². The molecule has 3 heterocycles. The lowest BCUT2D eigenvalue weighted by atomic mass is 10.2. The molecule has 0 aliphatic carbocycles. The zero-order valence-electron chi connectivity index (χ0n) is 12.8. The minimum absolute atomic E-state index is 0.398. The van der Waals surface area contributed by atoms with Gasteiger partial charge in [0, 0.05) is 25.2 Å². The Morgan fingerprint density at radius 2 is 1.55 bits per heavy atom. The molecule has 5 heteroatoms. The lowest BCUT2D eigenvalue weighted by molar-refractivity contribution is 0.283. The van der Waals surface area contributed by atoms with E-state index in [0.717, 1.165) is 58.1 Å². The maximum Gasteiger partial charge on any atom is 0.119 e. The zero-order chi connectivity index (χ0) is 14.8. The SMILES string of the molecule is c1cc(N(CCC2CO2)CC2CO2)ccc1OCCC1CO1. The molecule has 3 fully saturated rings. The molecule has 0 spiro atoms. The van der Waals surface area contributed by atoms with E-state index in [-0.39, 0.29) is 0 Å².